The number of para-hydroxylation sites is 1. The molecule has 0 atom stereocenters. The van der Waals surface area contributed by atoms with Gasteiger partial charge in [0.15, 0.2) is 5.76 Å². The normalized spacial score (nSPS) is 19.3. The quantitative estimate of drug-likeness (QED) is 0.700. The molecule has 4 rings (SSSR count). The van der Waals surface area contributed by atoms with Crippen molar-refractivity contribution in [1.82, 2.24) is 9.62 Å². The molecule has 1 aliphatic heterocycles. The van der Waals surface area contributed by atoms with Gasteiger partial charge in [0.1, 0.15) is 5.75 Å². The van der Waals surface area contributed by atoms with Crippen LogP contribution in [0.25, 0.3) is 0 Å². The van der Waals surface area contributed by atoms with Crippen LogP contribution >= 0.6 is 0 Å². The van der Waals surface area contributed by atoms with Gasteiger partial charge in [-0.3, -0.25) is 4.79 Å². The van der Waals surface area contributed by atoms with E-state index in [1.807, 2.05) is 18.2 Å². The number of carbonyl (C=O) groups excluding carboxylic acids is 1. The number of nitrogens with zero attached hydrogens (tertiary/aromatic N) is 1. The molecule has 1 saturated carbocycles. The fourth-order valence-corrected chi connectivity index (χ4v) is 6.25. The molecule has 8 heteroatoms. The Morgan fingerprint density at radius 2 is 1.77 bits per heavy atom. The van der Waals surface area contributed by atoms with E-state index in [1.165, 1.54) is 16.4 Å². The van der Waals surface area contributed by atoms with Gasteiger partial charge in [-0.2, -0.15) is 4.31 Å². The second-order valence-electron chi connectivity index (χ2n) is 8.45. The number of nitrogens with one attached hydrogen (secondary N) is 1. The lowest BCUT2D eigenvalue weighted by Crippen LogP contribution is -2.39. The molecule has 0 bridgehead atoms. The van der Waals surface area contributed by atoms with Crippen molar-refractivity contribution in [2.24, 2.45) is 0 Å². The first-order valence-electron chi connectivity index (χ1n) is 11.0. The van der Waals surface area contributed by atoms with Gasteiger partial charge >= 0.3 is 0 Å². The van der Waals surface area contributed by atoms with E-state index in [-0.39, 0.29) is 16.3 Å². The number of piperidine rings is 1. The number of methoxy groups -OCH3 is 1. The van der Waals surface area contributed by atoms with Crippen molar-refractivity contribution >= 4 is 15.9 Å². The number of amides is 1. The van der Waals surface area contributed by atoms with Crippen LogP contribution in [-0.2, 0) is 15.4 Å². The molecule has 1 aromatic carbocycles. The summed E-state index contributed by atoms with van der Waals surface area (Å²) in [6, 6.07) is 10.8. The molecule has 0 radical (unpaired) electrons. The fraction of sp³-hybridized carbons (Fsp3) is 0.522. The number of rotatable bonds is 7. The number of sulfonamides is 1. The largest absolute Gasteiger partial charge is 0.496 e. The van der Waals surface area contributed by atoms with Crippen LogP contribution in [0.15, 0.2) is 45.9 Å². The molecule has 1 amide bonds. The summed E-state index contributed by atoms with van der Waals surface area (Å²) in [5.74, 6) is 0.441. The topological polar surface area (TPSA) is 88.8 Å². The second-order valence-corrected chi connectivity index (χ2v) is 10.3. The molecule has 1 saturated heterocycles. The highest BCUT2D eigenvalue weighted by Crippen LogP contribution is 2.44. The van der Waals surface area contributed by atoms with Crippen LogP contribution in [0.3, 0.4) is 0 Å². The summed E-state index contributed by atoms with van der Waals surface area (Å²) in [7, 11) is -2.04. The van der Waals surface area contributed by atoms with Gasteiger partial charge in [-0.15, -0.1) is 0 Å². The zero-order valence-electron chi connectivity index (χ0n) is 17.9. The first-order valence-corrected chi connectivity index (χ1v) is 12.4. The molecule has 0 spiro atoms. The monoisotopic (exact) mass is 446 g/mol. The molecule has 31 heavy (non-hydrogen) atoms. The Labute approximate surface area is 183 Å². The first kappa shape index (κ1) is 21.9. The number of hydrogen-bond acceptors (Lipinski definition) is 5. The van der Waals surface area contributed by atoms with Gasteiger partial charge in [-0.1, -0.05) is 37.5 Å². The average molecular weight is 447 g/mol. The van der Waals surface area contributed by atoms with Gasteiger partial charge in [0.25, 0.3) is 15.9 Å². The minimum atomic E-state index is -3.70. The molecule has 2 fully saturated rings. The summed E-state index contributed by atoms with van der Waals surface area (Å²) in [6.45, 7) is 1.43. The molecule has 2 aliphatic rings. The molecule has 1 N–H and O–H groups in total. The van der Waals surface area contributed by atoms with Gasteiger partial charge in [0.2, 0.25) is 5.09 Å². The third-order valence-electron chi connectivity index (χ3n) is 6.54. The van der Waals surface area contributed by atoms with Gasteiger partial charge < -0.3 is 14.5 Å². The summed E-state index contributed by atoms with van der Waals surface area (Å²) in [5, 5.41) is 2.81. The van der Waals surface area contributed by atoms with Crippen molar-refractivity contribution in [1.29, 1.82) is 0 Å². The van der Waals surface area contributed by atoms with E-state index in [2.05, 4.69) is 11.4 Å². The molecule has 2 aromatic rings. The number of furan rings is 1. The van der Waals surface area contributed by atoms with Gasteiger partial charge in [0.05, 0.1) is 7.11 Å². The highest BCUT2D eigenvalue weighted by molar-refractivity contribution is 7.89. The van der Waals surface area contributed by atoms with Crippen LogP contribution in [-0.4, -0.2) is 45.4 Å². The standard InChI is InChI=1S/C23H30N2O5S/c1-29-19-10-4-3-9-18(19)23(13-5-6-14-23)17-24-22(26)20-11-12-21(30-20)31(27,28)25-15-7-2-8-16-25/h3-4,9-12H,2,5-8,13-17H2,1H3,(H,24,26). The Hall–Kier alpha value is -2.32. The number of benzene rings is 1. The highest BCUT2D eigenvalue weighted by atomic mass is 32.2. The van der Waals surface area contributed by atoms with Crippen LogP contribution in [0.2, 0.25) is 0 Å². The van der Waals surface area contributed by atoms with Crippen molar-refractivity contribution in [3.63, 3.8) is 0 Å². The maximum atomic E-state index is 12.8. The smallest absolute Gasteiger partial charge is 0.287 e. The minimum absolute atomic E-state index is 0.0174. The van der Waals surface area contributed by atoms with Crippen molar-refractivity contribution in [2.45, 2.75) is 55.5 Å². The first-order chi connectivity index (χ1) is 15.0. The molecule has 2 heterocycles. The number of carbonyl (C=O) groups is 1. The number of hydrogen-bond donors (Lipinski definition) is 1. The van der Waals surface area contributed by atoms with E-state index in [0.29, 0.717) is 19.6 Å². The van der Waals surface area contributed by atoms with Crippen molar-refractivity contribution < 1.29 is 22.4 Å². The lowest BCUT2D eigenvalue weighted by Gasteiger charge is -2.31. The van der Waals surface area contributed by atoms with Crippen molar-refractivity contribution in [3.8, 4) is 5.75 Å². The summed E-state index contributed by atoms with van der Waals surface area (Å²) >= 11 is 0. The van der Waals surface area contributed by atoms with Crippen LogP contribution in [0.4, 0.5) is 0 Å². The maximum Gasteiger partial charge on any atom is 0.287 e. The predicted octanol–water partition coefficient (Wildman–Crippen LogP) is 3.70. The highest BCUT2D eigenvalue weighted by Gasteiger charge is 2.38. The zero-order valence-corrected chi connectivity index (χ0v) is 18.7. The van der Waals surface area contributed by atoms with E-state index >= 15 is 0 Å². The van der Waals surface area contributed by atoms with Crippen LogP contribution in [0.1, 0.15) is 61.1 Å². The lowest BCUT2D eigenvalue weighted by atomic mass is 9.78. The number of ether oxygens (including phenoxy) is 1. The van der Waals surface area contributed by atoms with Crippen LogP contribution in [0, 0.1) is 0 Å². The molecular formula is C23H30N2O5S. The van der Waals surface area contributed by atoms with E-state index in [0.717, 1.165) is 56.3 Å². The van der Waals surface area contributed by atoms with E-state index < -0.39 is 15.9 Å². The average Bonchev–Trinajstić information content (AvgIpc) is 3.49. The summed E-state index contributed by atoms with van der Waals surface area (Å²) in [4.78, 5) is 12.8. The molecule has 168 valence electrons. The zero-order chi connectivity index (χ0) is 21.9. The Balaban J connectivity index is 1.48. The molecule has 0 unspecified atom stereocenters. The lowest BCUT2D eigenvalue weighted by molar-refractivity contribution is 0.0909. The van der Waals surface area contributed by atoms with E-state index in [9.17, 15) is 13.2 Å². The molecular weight excluding hydrogens is 416 g/mol. The van der Waals surface area contributed by atoms with Gasteiger partial charge in [-0.05, 0) is 43.9 Å². The van der Waals surface area contributed by atoms with Crippen LogP contribution in [0.5, 0.6) is 5.75 Å². The van der Waals surface area contributed by atoms with Crippen molar-refractivity contribution in [2.75, 3.05) is 26.7 Å². The third kappa shape index (κ3) is 4.36. The summed E-state index contributed by atoms with van der Waals surface area (Å²) < 4.78 is 38.1. The molecule has 1 aromatic heterocycles. The Bertz CT molecular complexity index is 1020. The van der Waals surface area contributed by atoms with Crippen molar-refractivity contribution in [3.05, 3.63) is 47.7 Å². The van der Waals surface area contributed by atoms with E-state index in [1.54, 1.807) is 7.11 Å². The molecule has 1 aliphatic carbocycles. The Morgan fingerprint density at radius 1 is 1.06 bits per heavy atom. The Kier molecular flexibility index (Phi) is 6.39. The SMILES string of the molecule is COc1ccccc1C1(CNC(=O)c2ccc(S(=O)(=O)N3CCCCC3)o2)CCCC1. The predicted molar refractivity (Wildman–Crippen MR) is 117 cm³/mol. The fourth-order valence-electron chi connectivity index (χ4n) is 4.83. The summed E-state index contributed by atoms with van der Waals surface area (Å²) in [5.41, 5.74) is 0.903. The third-order valence-corrected chi connectivity index (χ3v) is 8.31. The summed E-state index contributed by atoms with van der Waals surface area (Å²) in [6.07, 6.45) is 6.82. The molecule has 7 nitrogen and oxygen atoms in total. The van der Waals surface area contributed by atoms with E-state index in [4.69, 9.17) is 9.15 Å². The maximum absolute atomic E-state index is 12.8. The van der Waals surface area contributed by atoms with Gasteiger partial charge in [0, 0.05) is 30.6 Å². The minimum Gasteiger partial charge on any atom is -0.496 e. The van der Waals surface area contributed by atoms with Crippen LogP contribution < -0.4 is 10.1 Å². The Morgan fingerprint density at radius 3 is 2.48 bits per heavy atom. The van der Waals surface area contributed by atoms with Gasteiger partial charge in [-0.25, -0.2) is 8.42 Å². The second kappa shape index (κ2) is 9.04.